The fourth-order valence-electron chi connectivity index (χ4n) is 2.01. The van der Waals surface area contributed by atoms with Crippen LogP contribution < -0.4 is 10.1 Å². The van der Waals surface area contributed by atoms with E-state index < -0.39 is 0 Å². The van der Waals surface area contributed by atoms with Crippen LogP contribution in [-0.2, 0) is 17.8 Å². The largest absolute Gasteiger partial charge is 0.488 e. The summed E-state index contributed by atoms with van der Waals surface area (Å²) in [5, 5.41) is 3.38. The molecule has 2 rings (SSSR count). The van der Waals surface area contributed by atoms with Crippen LogP contribution in [0.1, 0.15) is 18.1 Å². The lowest BCUT2D eigenvalue weighted by Crippen LogP contribution is -2.13. The van der Waals surface area contributed by atoms with Crippen molar-refractivity contribution in [1.82, 2.24) is 0 Å². The second-order valence-corrected chi connectivity index (χ2v) is 6.87. The predicted octanol–water partition coefficient (Wildman–Crippen LogP) is 5.70. The number of benzene rings is 2. The Bertz CT molecular complexity index is 707. The van der Waals surface area contributed by atoms with Crippen molar-refractivity contribution in [3.63, 3.8) is 0 Å². The maximum absolute atomic E-state index is 5.96. The summed E-state index contributed by atoms with van der Waals surface area (Å²) in [7, 11) is 1.54. The molecule has 0 aliphatic rings. The molecule has 0 amide bonds. The van der Waals surface area contributed by atoms with Gasteiger partial charge in [0.15, 0.2) is 0 Å². The lowest BCUT2D eigenvalue weighted by atomic mass is 10.1. The molecule has 0 saturated carbocycles. The molecule has 1 N–H and O–H groups in total. The minimum Gasteiger partial charge on any atom is -0.488 e. The number of anilines is 1. The number of halogens is 2. The first-order valence-electron chi connectivity index (χ1n) is 7.08. The van der Waals surface area contributed by atoms with Gasteiger partial charge in [-0.2, -0.15) is 0 Å². The number of methoxy groups -OCH3 is 1. The van der Waals surface area contributed by atoms with Crippen molar-refractivity contribution in [2.24, 2.45) is 0 Å². The zero-order chi connectivity index (χ0) is 16.8. The molecule has 0 aliphatic heterocycles. The first-order valence-corrected chi connectivity index (χ1v) is 9.08. The number of nitrogens with one attached hydrogen (secondary N) is 1. The van der Waals surface area contributed by atoms with E-state index in [1.807, 2.05) is 24.3 Å². The fourth-order valence-corrected chi connectivity index (χ4v) is 3.15. The molecule has 0 spiro atoms. The Labute approximate surface area is 158 Å². The summed E-state index contributed by atoms with van der Waals surface area (Å²) in [6, 6.07) is 12.0. The molecule has 0 saturated heterocycles. The number of thiocarbonyl (C=S) groups is 1. The van der Waals surface area contributed by atoms with Crippen LogP contribution in [0.5, 0.6) is 5.75 Å². The third kappa shape index (κ3) is 4.93. The normalized spacial score (nSPS) is 10.3. The second-order valence-electron chi connectivity index (χ2n) is 4.79. The van der Waals surface area contributed by atoms with E-state index in [9.17, 15) is 0 Å². The number of hydrogen-bond donors (Lipinski definition) is 1. The quantitative estimate of drug-likeness (QED) is 0.582. The summed E-state index contributed by atoms with van der Waals surface area (Å²) in [6.45, 7) is 2.53. The third-order valence-corrected chi connectivity index (χ3v) is 4.95. The van der Waals surface area contributed by atoms with Crippen LogP contribution in [0.2, 0.25) is 0 Å². The van der Waals surface area contributed by atoms with Crippen molar-refractivity contribution in [3.05, 3.63) is 56.5 Å². The first-order chi connectivity index (χ1) is 11.0. The Hall–Kier alpha value is -1.11. The monoisotopic (exact) mass is 457 g/mol. The van der Waals surface area contributed by atoms with E-state index in [4.69, 9.17) is 21.7 Å². The molecule has 0 fully saturated rings. The minimum atomic E-state index is 0.317. The number of hydrogen-bond acceptors (Lipinski definition) is 3. The van der Waals surface area contributed by atoms with E-state index in [2.05, 4.69) is 56.2 Å². The van der Waals surface area contributed by atoms with Crippen LogP contribution in [0.25, 0.3) is 0 Å². The molecule has 0 aromatic heterocycles. The van der Waals surface area contributed by atoms with Gasteiger partial charge in [0, 0.05) is 15.7 Å². The third-order valence-electron chi connectivity index (χ3n) is 3.32. The van der Waals surface area contributed by atoms with Crippen molar-refractivity contribution >= 4 is 54.9 Å². The molecular formula is C17H17Br2NO2S. The minimum absolute atomic E-state index is 0.317. The zero-order valence-electron chi connectivity index (χ0n) is 12.9. The number of rotatable bonds is 5. The van der Waals surface area contributed by atoms with E-state index in [1.54, 1.807) is 0 Å². The van der Waals surface area contributed by atoms with Gasteiger partial charge in [-0.05, 0) is 64.4 Å². The Balaban J connectivity index is 2.18. The molecule has 0 heterocycles. The van der Waals surface area contributed by atoms with Crippen molar-refractivity contribution in [2.75, 3.05) is 12.4 Å². The van der Waals surface area contributed by atoms with Crippen molar-refractivity contribution < 1.29 is 9.47 Å². The molecule has 3 nitrogen and oxygen atoms in total. The topological polar surface area (TPSA) is 30.5 Å². The highest BCUT2D eigenvalue weighted by Crippen LogP contribution is 2.30. The molecule has 2 aromatic carbocycles. The molecular weight excluding hydrogens is 442 g/mol. The molecule has 2 aromatic rings. The maximum Gasteiger partial charge on any atom is 0.260 e. The lowest BCUT2D eigenvalue weighted by Gasteiger charge is -2.15. The Kier molecular flexibility index (Phi) is 6.87. The Morgan fingerprint density at radius 3 is 2.61 bits per heavy atom. The summed E-state index contributed by atoms with van der Waals surface area (Å²) in [6.07, 6.45) is 0.992. The summed E-state index contributed by atoms with van der Waals surface area (Å²) >= 11 is 12.2. The summed E-state index contributed by atoms with van der Waals surface area (Å²) in [5.41, 5.74) is 3.09. The number of ether oxygens (including phenoxy) is 2. The highest BCUT2D eigenvalue weighted by atomic mass is 79.9. The van der Waals surface area contributed by atoms with Gasteiger partial charge in [-0.15, -0.1) is 0 Å². The van der Waals surface area contributed by atoms with Gasteiger partial charge in [0.25, 0.3) is 5.17 Å². The predicted molar refractivity (Wildman–Crippen MR) is 105 cm³/mol. The van der Waals surface area contributed by atoms with Gasteiger partial charge in [0.05, 0.1) is 11.6 Å². The lowest BCUT2D eigenvalue weighted by molar-refractivity contribution is 0.304. The van der Waals surface area contributed by atoms with Gasteiger partial charge >= 0.3 is 0 Å². The van der Waals surface area contributed by atoms with Gasteiger partial charge in [0.1, 0.15) is 12.4 Å². The molecule has 6 heteroatoms. The average molecular weight is 459 g/mol. The second kappa shape index (κ2) is 8.66. The van der Waals surface area contributed by atoms with Gasteiger partial charge in [0.2, 0.25) is 0 Å². The molecule has 122 valence electrons. The van der Waals surface area contributed by atoms with E-state index >= 15 is 0 Å². The average Bonchev–Trinajstić information content (AvgIpc) is 2.55. The molecule has 23 heavy (non-hydrogen) atoms. The van der Waals surface area contributed by atoms with E-state index in [1.165, 1.54) is 12.7 Å². The smallest absolute Gasteiger partial charge is 0.260 e. The van der Waals surface area contributed by atoms with Gasteiger partial charge < -0.3 is 14.8 Å². The van der Waals surface area contributed by atoms with Crippen LogP contribution in [-0.4, -0.2) is 12.3 Å². The fraction of sp³-hybridized carbons (Fsp3) is 0.235. The van der Waals surface area contributed by atoms with Gasteiger partial charge in [-0.3, -0.25) is 0 Å². The standard InChI is InChI=1S/C17H17Br2NO2S/c1-3-11-7-8-16(14(19)9-11)22-10-12-13(18)5-4-6-15(12)20-17(23)21-2/h4-9H,3,10H2,1-2H3,(H,20,23). The molecule has 0 bridgehead atoms. The van der Waals surface area contributed by atoms with E-state index in [0.29, 0.717) is 11.8 Å². The van der Waals surface area contributed by atoms with Crippen LogP contribution in [0.3, 0.4) is 0 Å². The summed E-state index contributed by atoms with van der Waals surface area (Å²) < 4.78 is 12.9. The van der Waals surface area contributed by atoms with Crippen LogP contribution >= 0.6 is 44.1 Å². The van der Waals surface area contributed by atoms with Crippen molar-refractivity contribution in [3.8, 4) is 5.75 Å². The zero-order valence-corrected chi connectivity index (χ0v) is 16.8. The summed E-state index contributed by atoms with van der Waals surface area (Å²) in [5.74, 6) is 0.804. The Morgan fingerprint density at radius 2 is 1.96 bits per heavy atom. The Morgan fingerprint density at radius 1 is 1.17 bits per heavy atom. The van der Waals surface area contributed by atoms with Crippen molar-refractivity contribution in [2.45, 2.75) is 20.0 Å². The maximum atomic E-state index is 5.96. The van der Waals surface area contributed by atoms with Crippen LogP contribution in [0, 0.1) is 0 Å². The van der Waals surface area contributed by atoms with E-state index in [0.717, 1.165) is 32.4 Å². The van der Waals surface area contributed by atoms with Gasteiger partial charge in [-0.1, -0.05) is 35.0 Å². The summed E-state index contributed by atoms with van der Waals surface area (Å²) in [4.78, 5) is 0. The van der Waals surface area contributed by atoms with E-state index in [-0.39, 0.29) is 0 Å². The molecule has 0 aliphatic carbocycles. The SMILES string of the molecule is CCc1ccc(OCc2c(Br)cccc2NC(=S)OC)c(Br)c1. The van der Waals surface area contributed by atoms with Crippen LogP contribution in [0.15, 0.2) is 45.3 Å². The van der Waals surface area contributed by atoms with Gasteiger partial charge in [-0.25, -0.2) is 0 Å². The molecule has 0 unspecified atom stereocenters. The molecule has 0 atom stereocenters. The highest BCUT2D eigenvalue weighted by Gasteiger charge is 2.10. The molecule has 0 radical (unpaired) electrons. The van der Waals surface area contributed by atoms with Crippen molar-refractivity contribution in [1.29, 1.82) is 0 Å². The van der Waals surface area contributed by atoms with Crippen LogP contribution in [0.4, 0.5) is 5.69 Å². The number of aryl methyl sites for hydroxylation is 1. The first kappa shape index (κ1) is 18.2. The highest BCUT2D eigenvalue weighted by molar-refractivity contribution is 9.10.